The summed E-state index contributed by atoms with van der Waals surface area (Å²) in [5, 5.41) is 0. The van der Waals surface area contributed by atoms with Crippen molar-refractivity contribution in [3.63, 3.8) is 0 Å². The number of hydrogen-bond donors (Lipinski definition) is 0. The van der Waals surface area contributed by atoms with Gasteiger partial charge < -0.3 is 14.4 Å². The molecule has 0 bridgehead atoms. The zero-order valence-corrected chi connectivity index (χ0v) is 15.0. The zero-order chi connectivity index (χ0) is 17.1. The van der Waals surface area contributed by atoms with Crippen LogP contribution in [0.15, 0.2) is 18.2 Å². The molecule has 5 heteroatoms. The van der Waals surface area contributed by atoms with E-state index in [-0.39, 0.29) is 5.91 Å². The molecule has 1 aromatic carbocycles. The van der Waals surface area contributed by atoms with E-state index in [0.717, 1.165) is 62.7 Å². The fourth-order valence-corrected chi connectivity index (χ4v) is 3.67. The lowest BCUT2D eigenvalue weighted by Gasteiger charge is -2.32. The summed E-state index contributed by atoms with van der Waals surface area (Å²) in [6, 6.07) is 6.31. The average molecular weight is 332 g/mol. The highest BCUT2D eigenvalue weighted by Gasteiger charge is 2.31. The van der Waals surface area contributed by atoms with Gasteiger partial charge in [0.2, 0.25) is 0 Å². The molecule has 1 aromatic rings. The van der Waals surface area contributed by atoms with E-state index in [0.29, 0.717) is 12.0 Å². The van der Waals surface area contributed by atoms with E-state index in [4.69, 9.17) is 9.47 Å². The molecule has 0 N–H and O–H groups in total. The second kappa shape index (κ2) is 7.53. The Hall–Kier alpha value is -1.59. The first-order chi connectivity index (χ1) is 11.6. The lowest BCUT2D eigenvalue weighted by atomic mass is 10.00. The van der Waals surface area contributed by atoms with Crippen LogP contribution >= 0.6 is 0 Å². The Kier molecular flexibility index (Phi) is 5.41. The van der Waals surface area contributed by atoms with Crippen LogP contribution < -0.4 is 4.74 Å². The van der Waals surface area contributed by atoms with E-state index in [9.17, 15) is 4.79 Å². The van der Waals surface area contributed by atoms with Crippen molar-refractivity contribution in [2.24, 2.45) is 0 Å². The number of ether oxygens (including phenoxy) is 2. The zero-order valence-electron chi connectivity index (χ0n) is 15.0. The standard InChI is InChI=1S/C19H28N2O3/c1-14(2)17-5-4-15(12-18(17)23-3)19(22)21-7-6-16(13-21)20-8-10-24-11-9-20/h4-5,12,14,16H,6-11,13H2,1-3H3/t16-/m0/s1. The van der Waals surface area contributed by atoms with Crippen LogP contribution in [0.3, 0.4) is 0 Å². The van der Waals surface area contributed by atoms with Crippen molar-refractivity contribution in [3.8, 4) is 5.75 Å². The van der Waals surface area contributed by atoms with Gasteiger partial charge in [0, 0.05) is 37.8 Å². The van der Waals surface area contributed by atoms with Crippen LogP contribution in [0, 0.1) is 0 Å². The number of nitrogens with zero attached hydrogens (tertiary/aromatic N) is 2. The van der Waals surface area contributed by atoms with Crippen LogP contribution in [0.2, 0.25) is 0 Å². The first-order valence-corrected chi connectivity index (χ1v) is 8.89. The van der Waals surface area contributed by atoms with Crippen LogP contribution in [0.1, 0.15) is 42.1 Å². The van der Waals surface area contributed by atoms with Crippen molar-refractivity contribution in [1.29, 1.82) is 0 Å². The Morgan fingerprint density at radius 2 is 2.00 bits per heavy atom. The summed E-state index contributed by atoms with van der Waals surface area (Å²) >= 11 is 0. The number of likely N-dealkylation sites (tertiary alicyclic amines) is 1. The molecule has 0 spiro atoms. The second-order valence-corrected chi connectivity index (χ2v) is 6.95. The van der Waals surface area contributed by atoms with Gasteiger partial charge in [-0.25, -0.2) is 0 Å². The molecule has 0 saturated carbocycles. The monoisotopic (exact) mass is 332 g/mol. The van der Waals surface area contributed by atoms with Crippen LogP contribution in [-0.4, -0.2) is 68.3 Å². The van der Waals surface area contributed by atoms with Crippen molar-refractivity contribution in [2.45, 2.75) is 32.2 Å². The van der Waals surface area contributed by atoms with Crippen molar-refractivity contribution >= 4 is 5.91 Å². The summed E-state index contributed by atoms with van der Waals surface area (Å²) in [5.74, 6) is 1.29. The van der Waals surface area contributed by atoms with Gasteiger partial charge in [-0.3, -0.25) is 9.69 Å². The number of rotatable bonds is 4. The Bertz CT molecular complexity index is 582. The topological polar surface area (TPSA) is 42.0 Å². The first kappa shape index (κ1) is 17.2. The van der Waals surface area contributed by atoms with E-state index >= 15 is 0 Å². The summed E-state index contributed by atoms with van der Waals surface area (Å²) < 4.78 is 10.9. The Labute approximate surface area is 144 Å². The number of carbonyl (C=O) groups is 1. The van der Waals surface area contributed by atoms with Crippen molar-refractivity contribution in [2.75, 3.05) is 46.5 Å². The van der Waals surface area contributed by atoms with Crippen molar-refractivity contribution < 1.29 is 14.3 Å². The molecule has 3 rings (SSSR count). The van der Waals surface area contributed by atoms with E-state index in [1.807, 2.05) is 23.1 Å². The second-order valence-electron chi connectivity index (χ2n) is 6.95. The average Bonchev–Trinajstić information content (AvgIpc) is 3.11. The molecular formula is C19H28N2O3. The minimum atomic E-state index is 0.111. The van der Waals surface area contributed by atoms with Crippen LogP contribution in [0.5, 0.6) is 5.75 Å². The molecule has 5 nitrogen and oxygen atoms in total. The highest BCUT2D eigenvalue weighted by atomic mass is 16.5. The molecular weight excluding hydrogens is 304 g/mol. The van der Waals surface area contributed by atoms with Crippen LogP contribution in [0.4, 0.5) is 0 Å². The smallest absolute Gasteiger partial charge is 0.254 e. The maximum Gasteiger partial charge on any atom is 0.254 e. The van der Waals surface area contributed by atoms with Gasteiger partial charge in [0.15, 0.2) is 0 Å². The maximum atomic E-state index is 12.9. The number of carbonyl (C=O) groups excluding carboxylic acids is 1. The van der Waals surface area contributed by atoms with E-state index < -0.39 is 0 Å². The predicted octanol–water partition coefficient (Wildman–Crippen LogP) is 2.37. The van der Waals surface area contributed by atoms with Gasteiger partial charge in [0.1, 0.15) is 5.75 Å². The van der Waals surface area contributed by atoms with Gasteiger partial charge in [-0.05, 0) is 30.0 Å². The SMILES string of the molecule is COc1cc(C(=O)N2CC[C@H](N3CCOCC3)C2)ccc1C(C)C. The highest BCUT2D eigenvalue weighted by molar-refractivity contribution is 5.95. The normalized spacial score (nSPS) is 22.2. The summed E-state index contributed by atoms with van der Waals surface area (Å²) in [4.78, 5) is 17.3. The summed E-state index contributed by atoms with van der Waals surface area (Å²) in [5.41, 5.74) is 1.86. The Morgan fingerprint density at radius 3 is 2.67 bits per heavy atom. The maximum absolute atomic E-state index is 12.9. The van der Waals surface area contributed by atoms with Crippen molar-refractivity contribution in [3.05, 3.63) is 29.3 Å². The van der Waals surface area contributed by atoms with Gasteiger partial charge in [-0.2, -0.15) is 0 Å². The molecule has 24 heavy (non-hydrogen) atoms. The van der Waals surface area contributed by atoms with Crippen LogP contribution in [-0.2, 0) is 4.74 Å². The van der Waals surface area contributed by atoms with Gasteiger partial charge in [0.05, 0.1) is 20.3 Å². The third kappa shape index (κ3) is 3.57. The lowest BCUT2D eigenvalue weighted by molar-refractivity contribution is 0.0185. The minimum Gasteiger partial charge on any atom is -0.496 e. The minimum absolute atomic E-state index is 0.111. The molecule has 132 valence electrons. The fourth-order valence-electron chi connectivity index (χ4n) is 3.67. The Balaban J connectivity index is 1.68. The van der Waals surface area contributed by atoms with Gasteiger partial charge >= 0.3 is 0 Å². The highest BCUT2D eigenvalue weighted by Crippen LogP contribution is 2.28. The van der Waals surface area contributed by atoms with E-state index in [1.165, 1.54) is 0 Å². The van der Waals surface area contributed by atoms with Crippen molar-refractivity contribution in [1.82, 2.24) is 9.80 Å². The number of morpholine rings is 1. The van der Waals surface area contributed by atoms with Gasteiger partial charge in [-0.1, -0.05) is 19.9 Å². The predicted molar refractivity (Wildman–Crippen MR) is 93.8 cm³/mol. The molecule has 2 aliphatic heterocycles. The quantitative estimate of drug-likeness (QED) is 0.849. The Morgan fingerprint density at radius 1 is 1.25 bits per heavy atom. The molecule has 2 heterocycles. The number of benzene rings is 1. The number of hydrogen-bond acceptors (Lipinski definition) is 4. The van der Waals surface area contributed by atoms with E-state index in [1.54, 1.807) is 7.11 Å². The number of methoxy groups -OCH3 is 1. The largest absolute Gasteiger partial charge is 0.496 e. The molecule has 0 aliphatic carbocycles. The third-order valence-corrected chi connectivity index (χ3v) is 5.12. The summed E-state index contributed by atoms with van der Waals surface area (Å²) in [7, 11) is 1.67. The van der Waals surface area contributed by atoms with E-state index in [2.05, 4.69) is 18.7 Å². The van der Waals surface area contributed by atoms with Gasteiger partial charge in [-0.15, -0.1) is 0 Å². The molecule has 2 saturated heterocycles. The third-order valence-electron chi connectivity index (χ3n) is 5.12. The molecule has 1 atom stereocenters. The molecule has 2 aliphatic rings. The molecule has 0 radical (unpaired) electrons. The summed E-state index contributed by atoms with van der Waals surface area (Å²) in [6.45, 7) is 9.46. The summed E-state index contributed by atoms with van der Waals surface area (Å²) in [6.07, 6.45) is 1.05. The van der Waals surface area contributed by atoms with Crippen LogP contribution in [0.25, 0.3) is 0 Å². The van der Waals surface area contributed by atoms with Gasteiger partial charge in [0.25, 0.3) is 5.91 Å². The fraction of sp³-hybridized carbons (Fsp3) is 0.632. The number of amides is 1. The molecule has 0 aromatic heterocycles. The molecule has 1 amide bonds. The molecule has 0 unspecified atom stereocenters. The molecule has 2 fully saturated rings. The first-order valence-electron chi connectivity index (χ1n) is 8.89. The lowest BCUT2D eigenvalue weighted by Crippen LogP contribution is -2.45.